The minimum Gasteiger partial charge on any atom is -0.306 e. The third kappa shape index (κ3) is 3.24. The third-order valence-corrected chi connectivity index (χ3v) is 2.51. The van der Waals surface area contributed by atoms with Crippen LogP contribution in [0.5, 0.6) is 0 Å². The van der Waals surface area contributed by atoms with Gasteiger partial charge in [-0.3, -0.25) is 0 Å². The minimum atomic E-state index is 0.736. The molecule has 0 radical (unpaired) electrons. The van der Waals surface area contributed by atoms with E-state index in [1.54, 1.807) is 0 Å². The normalized spacial score (nSPS) is 17.5. The Balaban J connectivity index is 4.09. The van der Waals surface area contributed by atoms with Gasteiger partial charge in [-0.05, 0) is 25.9 Å². The monoisotopic (exact) mass is 157 g/mol. The Morgan fingerprint density at radius 3 is 1.64 bits per heavy atom. The Labute approximate surface area is 71.8 Å². The van der Waals surface area contributed by atoms with E-state index in [1.807, 2.05) is 0 Å². The van der Waals surface area contributed by atoms with Gasteiger partial charge in [0.1, 0.15) is 0 Å². The SMILES string of the molecule is CCC(C)C(C(C)C)N(C)C. The van der Waals surface area contributed by atoms with Crippen LogP contribution in [0.4, 0.5) is 0 Å². The largest absolute Gasteiger partial charge is 0.306 e. The smallest absolute Gasteiger partial charge is 0.0138 e. The molecule has 0 amide bonds. The average Bonchev–Trinajstić information content (AvgIpc) is 1.85. The van der Waals surface area contributed by atoms with Crippen LogP contribution in [0.2, 0.25) is 0 Å². The molecule has 11 heavy (non-hydrogen) atoms. The highest BCUT2D eigenvalue weighted by Crippen LogP contribution is 2.19. The molecule has 1 nitrogen and oxygen atoms in total. The quantitative estimate of drug-likeness (QED) is 0.606. The van der Waals surface area contributed by atoms with Crippen LogP contribution in [0.1, 0.15) is 34.1 Å². The predicted octanol–water partition coefficient (Wildman–Crippen LogP) is 2.62. The highest BCUT2D eigenvalue weighted by atomic mass is 15.1. The fraction of sp³-hybridized carbons (Fsp3) is 1.00. The topological polar surface area (TPSA) is 3.24 Å². The van der Waals surface area contributed by atoms with Crippen LogP contribution in [0.3, 0.4) is 0 Å². The van der Waals surface area contributed by atoms with E-state index < -0.39 is 0 Å². The summed E-state index contributed by atoms with van der Waals surface area (Å²) in [6.07, 6.45) is 1.28. The lowest BCUT2D eigenvalue weighted by Crippen LogP contribution is -2.38. The van der Waals surface area contributed by atoms with Crippen LogP contribution < -0.4 is 0 Å². The summed E-state index contributed by atoms with van der Waals surface area (Å²) >= 11 is 0. The molecule has 0 saturated heterocycles. The van der Waals surface area contributed by atoms with Crippen LogP contribution in [0.25, 0.3) is 0 Å². The lowest BCUT2D eigenvalue weighted by Gasteiger charge is -2.32. The van der Waals surface area contributed by atoms with Gasteiger partial charge in [0.2, 0.25) is 0 Å². The van der Waals surface area contributed by atoms with Crippen LogP contribution in [-0.2, 0) is 0 Å². The second-order valence-corrected chi connectivity index (χ2v) is 4.08. The van der Waals surface area contributed by atoms with Gasteiger partial charge in [-0.25, -0.2) is 0 Å². The molecular formula is C10H23N. The molecule has 0 saturated carbocycles. The summed E-state index contributed by atoms with van der Waals surface area (Å²) in [4.78, 5) is 2.35. The lowest BCUT2D eigenvalue weighted by molar-refractivity contribution is 0.164. The van der Waals surface area contributed by atoms with Gasteiger partial charge >= 0.3 is 0 Å². The van der Waals surface area contributed by atoms with Crippen LogP contribution in [-0.4, -0.2) is 25.0 Å². The summed E-state index contributed by atoms with van der Waals surface area (Å²) in [5, 5.41) is 0. The molecule has 0 aliphatic rings. The lowest BCUT2D eigenvalue weighted by atomic mass is 9.89. The first-order valence-electron chi connectivity index (χ1n) is 4.67. The van der Waals surface area contributed by atoms with Crippen molar-refractivity contribution in [2.75, 3.05) is 14.1 Å². The van der Waals surface area contributed by atoms with Crippen LogP contribution in [0, 0.1) is 11.8 Å². The highest BCUT2D eigenvalue weighted by molar-refractivity contribution is 4.74. The molecular weight excluding hydrogens is 134 g/mol. The molecule has 0 aromatic heterocycles. The summed E-state index contributed by atoms with van der Waals surface area (Å²) in [7, 11) is 4.35. The van der Waals surface area contributed by atoms with Crippen molar-refractivity contribution in [2.45, 2.75) is 40.2 Å². The molecule has 0 heterocycles. The molecule has 0 N–H and O–H groups in total. The number of hydrogen-bond donors (Lipinski definition) is 0. The standard InChI is InChI=1S/C10H23N/c1-7-9(4)10(8(2)3)11(5)6/h8-10H,7H2,1-6H3. The van der Waals surface area contributed by atoms with Crippen molar-refractivity contribution >= 4 is 0 Å². The van der Waals surface area contributed by atoms with Gasteiger partial charge in [-0.1, -0.05) is 34.1 Å². The molecule has 0 aromatic carbocycles. The number of rotatable bonds is 4. The summed E-state index contributed by atoms with van der Waals surface area (Å²) in [6, 6.07) is 0.736. The fourth-order valence-corrected chi connectivity index (χ4v) is 2.00. The minimum absolute atomic E-state index is 0.736. The van der Waals surface area contributed by atoms with Gasteiger partial charge in [0, 0.05) is 6.04 Å². The Morgan fingerprint density at radius 1 is 1.09 bits per heavy atom. The second kappa shape index (κ2) is 4.76. The summed E-state index contributed by atoms with van der Waals surface area (Å²) in [5.74, 6) is 1.57. The van der Waals surface area contributed by atoms with Crippen molar-refractivity contribution in [1.82, 2.24) is 4.90 Å². The first-order chi connectivity index (χ1) is 5.00. The van der Waals surface area contributed by atoms with E-state index in [1.165, 1.54) is 6.42 Å². The molecule has 2 atom stereocenters. The van der Waals surface area contributed by atoms with Gasteiger partial charge in [0.05, 0.1) is 0 Å². The van der Waals surface area contributed by atoms with Crippen LogP contribution in [0.15, 0.2) is 0 Å². The molecule has 0 aliphatic heterocycles. The van der Waals surface area contributed by atoms with E-state index in [2.05, 4.69) is 46.7 Å². The maximum Gasteiger partial charge on any atom is 0.0138 e. The maximum absolute atomic E-state index is 2.35. The first kappa shape index (κ1) is 11.0. The van der Waals surface area contributed by atoms with Crippen molar-refractivity contribution in [1.29, 1.82) is 0 Å². The zero-order chi connectivity index (χ0) is 9.02. The second-order valence-electron chi connectivity index (χ2n) is 4.08. The molecule has 0 rings (SSSR count). The van der Waals surface area contributed by atoms with E-state index >= 15 is 0 Å². The molecule has 0 spiro atoms. The van der Waals surface area contributed by atoms with Gasteiger partial charge in [0.15, 0.2) is 0 Å². The molecule has 0 fully saturated rings. The molecule has 68 valence electrons. The summed E-state index contributed by atoms with van der Waals surface area (Å²) in [5.41, 5.74) is 0. The fourth-order valence-electron chi connectivity index (χ4n) is 2.00. The molecule has 0 aromatic rings. The molecule has 0 bridgehead atoms. The maximum atomic E-state index is 2.35. The van der Waals surface area contributed by atoms with Crippen molar-refractivity contribution in [3.8, 4) is 0 Å². The third-order valence-electron chi connectivity index (χ3n) is 2.51. The summed E-state index contributed by atoms with van der Waals surface area (Å²) in [6.45, 7) is 9.21. The first-order valence-corrected chi connectivity index (χ1v) is 4.67. The van der Waals surface area contributed by atoms with Crippen molar-refractivity contribution in [3.05, 3.63) is 0 Å². The Morgan fingerprint density at radius 2 is 1.55 bits per heavy atom. The van der Waals surface area contributed by atoms with E-state index in [9.17, 15) is 0 Å². The van der Waals surface area contributed by atoms with Gasteiger partial charge in [-0.15, -0.1) is 0 Å². The predicted molar refractivity (Wildman–Crippen MR) is 51.8 cm³/mol. The van der Waals surface area contributed by atoms with Crippen LogP contribution >= 0.6 is 0 Å². The van der Waals surface area contributed by atoms with Crippen molar-refractivity contribution in [3.63, 3.8) is 0 Å². The Bertz CT molecular complexity index is 89.0. The average molecular weight is 157 g/mol. The zero-order valence-corrected chi connectivity index (χ0v) is 8.89. The van der Waals surface area contributed by atoms with E-state index in [-0.39, 0.29) is 0 Å². The van der Waals surface area contributed by atoms with Gasteiger partial charge < -0.3 is 4.90 Å². The van der Waals surface area contributed by atoms with E-state index in [0.29, 0.717) is 0 Å². The number of nitrogens with zero attached hydrogens (tertiary/aromatic N) is 1. The Hall–Kier alpha value is -0.0400. The zero-order valence-electron chi connectivity index (χ0n) is 8.89. The number of hydrogen-bond acceptors (Lipinski definition) is 1. The van der Waals surface area contributed by atoms with E-state index in [4.69, 9.17) is 0 Å². The molecule has 2 unspecified atom stereocenters. The van der Waals surface area contributed by atoms with Crippen molar-refractivity contribution < 1.29 is 0 Å². The molecule has 0 aliphatic carbocycles. The van der Waals surface area contributed by atoms with Gasteiger partial charge in [0.25, 0.3) is 0 Å². The molecule has 1 heteroatoms. The van der Waals surface area contributed by atoms with Gasteiger partial charge in [-0.2, -0.15) is 0 Å². The van der Waals surface area contributed by atoms with Crippen molar-refractivity contribution in [2.24, 2.45) is 11.8 Å². The highest BCUT2D eigenvalue weighted by Gasteiger charge is 2.20. The van der Waals surface area contributed by atoms with E-state index in [0.717, 1.165) is 17.9 Å². The summed E-state index contributed by atoms with van der Waals surface area (Å²) < 4.78 is 0. The Kier molecular flexibility index (Phi) is 4.74.